The van der Waals surface area contributed by atoms with Crippen molar-refractivity contribution >= 4 is 28.8 Å². The van der Waals surface area contributed by atoms with Crippen molar-refractivity contribution in [2.45, 2.75) is 19.4 Å². The molecule has 1 aromatic heterocycles. The van der Waals surface area contributed by atoms with Crippen molar-refractivity contribution in [1.29, 1.82) is 0 Å². The quantitative estimate of drug-likeness (QED) is 0.723. The predicted molar refractivity (Wildman–Crippen MR) is 75.3 cm³/mol. The Labute approximate surface area is 120 Å². The first-order chi connectivity index (χ1) is 9.97. The number of amides is 3. The molecule has 7 nitrogen and oxygen atoms in total. The standard InChI is InChI=1S/C14H15N3O4/c1-8(13(19)17-14(15)20)21-12(18)6-9-7-16-11-5-3-2-4-10(9)11/h2-5,7-8,16H,6H2,1H3,(H3,15,17,19,20)/t8-/m0/s1. The highest BCUT2D eigenvalue weighted by Gasteiger charge is 2.19. The number of urea groups is 1. The van der Waals surface area contributed by atoms with Crippen molar-refractivity contribution in [3.8, 4) is 0 Å². The predicted octanol–water partition coefficient (Wildman–Crippen LogP) is 0.837. The number of ether oxygens (including phenoxy) is 1. The number of H-pyrrole nitrogens is 1. The molecule has 0 fully saturated rings. The summed E-state index contributed by atoms with van der Waals surface area (Å²) in [5.41, 5.74) is 6.51. The lowest BCUT2D eigenvalue weighted by Crippen LogP contribution is -2.42. The van der Waals surface area contributed by atoms with Crippen molar-refractivity contribution in [3.63, 3.8) is 0 Å². The third-order valence-electron chi connectivity index (χ3n) is 2.93. The minimum Gasteiger partial charge on any atom is -0.452 e. The Morgan fingerprint density at radius 1 is 1.33 bits per heavy atom. The summed E-state index contributed by atoms with van der Waals surface area (Å²) in [5.74, 6) is -1.32. The lowest BCUT2D eigenvalue weighted by atomic mass is 10.1. The third-order valence-corrected chi connectivity index (χ3v) is 2.93. The van der Waals surface area contributed by atoms with Crippen LogP contribution in [0.3, 0.4) is 0 Å². The van der Waals surface area contributed by atoms with Gasteiger partial charge in [-0.3, -0.25) is 14.9 Å². The topological polar surface area (TPSA) is 114 Å². The van der Waals surface area contributed by atoms with Crippen LogP contribution in [0.1, 0.15) is 12.5 Å². The maximum Gasteiger partial charge on any atom is 0.318 e. The van der Waals surface area contributed by atoms with Gasteiger partial charge in [0.25, 0.3) is 5.91 Å². The van der Waals surface area contributed by atoms with Gasteiger partial charge in [-0.05, 0) is 18.6 Å². The molecule has 0 spiro atoms. The summed E-state index contributed by atoms with van der Waals surface area (Å²) < 4.78 is 4.96. The molecular weight excluding hydrogens is 274 g/mol. The Kier molecular flexibility index (Phi) is 4.22. The van der Waals surface area contributed by atoms with Gasteiger partial charge in [0.15, 0.2) is 6.10 Å². The van der Waals surface area contributed by atoms with E-state index in [1.807, 2.05) is 29.6 Å². The molecule has 0 aliphatic carbocycles. The van der Waals surface area contributed by atoms with Crippen molar-refractivity contribution in [2.24, 2.45) is 5.73 Å². The largest absolute Gasteiger partial charge is 0.452 e. The highest BCUT2D eigenvalue weighted by Crippen LogP contribution is 2.18. The fourth-order valence-electron chi connectivity index (χ4n) is 1.95. The molecule has 21 heavy (non-hydrogen) atoms. The van der Waals surface area contributed by atoms with Crippen LogP contribution in [0.4, 0.5) is 4.79 Å². The lowest BCUT2D eigenvalue weighted by molar-refractivity contribution is -0.153. The number of imide groups is 1. The Morgan fingerprint density at radius 2 is 2.05 bits per heavy atom. The van der Waals surface area contributed by atoms with Crippen LogP contribution in [0.25, 0.3) is 10.9 Å². The molecule has 0 saturated heterocycles. The fourth-order valence-corrected chi connectivity index (χ4v) is 1.95. The van der Waals surface area contributed by atoms with Crippen LogP contribution >= 0.6 is 0 Å². The van der Waals surface area contributed by atoms with Gasteiger partial charge in [0, 0.05) is 17.1 Å². The van der Waals surface area contributed by atoms with Crippen LogP contribution in [0.5, 0.6) is 0 Å². The summed E-state index contributed by atoms with van der Waals surface area (Å²) in [5, 5.41) is 2.77. The molecule has 2 aromatic rings. The molecule has 0 aliphatic heterocycles. The van der Waals surface area contributed by atoms with Crippen LogP contribution < -0.4 is 11.1 Å². The number of para-hydroxylation sites is 1. The van der Waals surface area contributed by atoms with E-state index in [1.165, 1.54) is 6.92 Å². The number of benzene rings is 1. The number of carbonyl (C=O) groups excluding carboxylic acids is 3. The number of nitrogens with one attached hydrogen (secondary N) is 2. The van der Waals surface area contributed by atoms with Gasteiger partial charge in [0.2, 0.25) is 0 Å². The molecule has 0 radical (unpaired) electrons. The molecule has 1 aromatic carbocycles. The number of fused-ring (bicyclic) bond motifs is 1. The number of primary amides is 1. The monoisotopic (exact) mass is 289 g/mol. The lowest BCUT2D eigenvalue weighted by Gasteiger charge is -2.11. The number of rotatable bonds is 4. The third kappa shape index (κ3) is 3.59. The van der Waals surface area contributed by atoms with Gasteiger partial charge in [-0.1, -0.05) is 18.2 Å². The summed E-state index contributed by atoms with van der Waals surface area (Å²) in [6.45, 7) is 1.37. The van der Waals surface area contributed by atoms with Crippen LogP contribution in [-0.4, -0.2) is 29.0 Å². The molecule has 4 N–H and O–H groups in total. The van der Waals surface area contributed by atoms with Crippen molar-refractivity contribution in [1.82, 2.24) is 10.3 Å². The maximum atomic E-state index is 11.8. The van der Waals surface area contributed by atoms with E-state index in [9.17, 15) is 14.4 Å². The van der Waals surface area contributed by atoms with E-state index in [0.29, 0.717) is 0 Å². The van der Waals surface area contributed by atoms with Gasteiger partial charge in [0.05, 0.1) is 6.42 Å². The minimum absolute atomic E-state index is 0.0260. The summed E-state index contributed by atoms with van der Waals surface area (Å²) >= 11 is 0. The minimum atomic E-state index is -1.09. The summed E-state index contributed by atoms with van der Waals surface area (Å²) in [4.78, 5) is 36.8. The average molecular weight is 289 g/mol. The molecule has 1 atom stereocenters. The smallest absolute Gasteiger partial charge is 0.318 e. The van der Waals surface area contributed by atoms with E-state index in [4.69, 9.17) is 10.5 Å². The molecule has 3 amide bonds. The number of aromatic amines is 1. The van der Waals surface area contributed by atoms with E-state index in [-0.39, 0.29) is 6.42 Å². The van der Waals surface area contributed by atoms with E-state index >= 15 is 0 Å². The average Bonchev–Trinajstić information content (AvgIpc) is 2.81. The van der Waals surface area contributed by atoms with Gasteiger partial charge in [0.1, 0.15) is 0 Å². The zero-order valence-electron chi connectivity index (χ0n) is 11.4. The molecule has 110 valence electrons. The second kappa shape index (κ2) is 6.08. The second-order valence-corrected chi connectivity index (χ2v) is 4.52. The molecular formula is C14H15N3O4. The first-order valence-electron chi connectivity index (χ1n) is 6.32. The van der Waals surface area contributed by atoms with Gasteiger partial charge in [-0.25, -0.2) is 4.79 Å². The Hall–Kier alpha value is -2.83. The molecule has 0 aliphatic rings. The highest BCUT2D eigenvalue weighted by atomic mass is 16.5. The van der Waals surface area contributed by atoms with Crippen LogP contribution in [0.15, 0.2) is 30.5 Å². The fraction of sp³-hybridized carbons (Fsp3) is 0.214. The zero-order chi connectivity index (χ0) is 15.4. The number of esters is 1. The van der Waals surface area contributed by atoms with E-state index in [1.54, 1.807) is 6.20 Å². The van der Waals surface area contributed by atoms with Crippen LogP contribution in [-0.2, 0) is 20.7 Å². The van der Waals surface area contributed by atoms with Crippen LogP contribution in [0.2, 0.25) is 0 Å². The van der Waals surface area contributed by atoms with Crippen molar-refractivity contribution in [3.05, 3.63) is 36.0 Å². The normalized spacial score (nSPS) is 11.9. The van der Waals surface area contributed by atoms with E-state index in [2.05, 4.69) is 4.98 Å². The number of aromatic nitrogens is 1. The Bertz CT molecular complexity index is 692. The van der Waals surface area contributed by atoms with Gasteiger partial charge in [-0.15, -0.1) is 0 Å². The summed E-state index contributed by atoms with van der Waals surface area (Å²) in [6.07, 6.45) is 0.661. The molecule has 0 unspecified atom stereocenters. The molecule has 1 heterocycles. The molecule has 0 saturated carbocycles. The van der Waals surface area contributed by atoms with Gasteiger partial charge < -0.3 is 15.5 Å². The Morgan fingerprint density at radius 3 is 2.76 bits per heavy atom. The number of carbonyl (C=O) groups is 3. The van der Waals surface area contributed by atoms with E-state index in [0.717, 1.165) is 16.5 Å². The second-order valence-electron chi connectivity index (χ2n) is 4.52. The molecule has 7 heteroatoms. The first-order valence-corrected chi connectivity index (χ1v) is 6.32. The zero-order valence-corrected chi connectivity index (χ0v) is 11.4. The summed E-state index contributed by atoms with van der Waals surface area (Å²) in [7, 11) is 0. The number of hydrogen-bond donors (Lipinski definition) is 3. The highest BCUT2D eigenvalue weighted by molar-refractivity contribution is 5.96. The van der Waals surface area contributed by atoms with Crippen molar-refractivity contribution < 1.29 is 19.1 Å². The molecule has 2 rings (SSSR count). The summed E-state index contributed by atoms with van der Waals surface area (Å²) in [6, 6.07) is 6.55. The van der Waals surface area contributed by atoms with Gasteiger partial charge in [-0.2, -0.15) is 0 Å². The van der Waals surface area contributed by atoms with E-state index < -0.39 is 24.0 Å². The van der Waals surface area contributed by atoms with Gasteiger partial charge >= 0.3 is 12.0 Å². The van der Waals surface area contributed by atoms with Crippen molar-refractivity contribution in [2.75, 3.05) is 0 Å². The maximum absolute atomic E-state index is 11.8. The Balaban J connectivity index is 1.98. The first kappa shape index (κ1) is 14.6. The number of hydrogen-bond acceptors (Lipinski definition) is 4. The molecule has 0 bridgehead atoms. The SMILES string of the molecule is C[C@H](OC(=O)Cc1c[nH]c2ccccc12)C(=O)NC(N)=O. The van der Waals surface area contributed by atoms with Crippen LogP contribution in [0, 0.1) is 0 Å². The number of nitrogens with two attached hydrogens (primary N) is 1.